The molecule has 16 heavy (non-hydrogen) atoms. The number of carbonyl (C=O) groups excluding carboxylic acids is 1. The molecule has 0 aliphatic carbocycles. The van der Waals surface area contributed by atoms with Gasteiger partial charge in [-0.2, -0.15) is 0 Å². The van der Waals surface area contributed by atoms with Crippen molar-refractivity contribution in [1.82, 2.24) is 0 Å². The summed E-state index contributed by atoms with van der Waals surface area (Å²) < 4.78 is 10.3. The lowest BCUT2D eigenvalue weighted by Crippen LogP contribution is -2.39. The monoisotopic (exact) mass is 220 g/mol. The maximum atomic E-state index is 11.7. The van der Waals surface area contributed by atoms with Gasteiger partial charge in [0.15, 0.2) is 6.61 Å². The number of fused-ring (bicyclic) bond motifs is 1. The number of carbonyl (C=O) groups is 1. The molecule has 0 saturated carbocycles. The average Bonchev–Trinajstić information content (AvgIpc) is 2.32. The molecule has 1 heterocycles. The Hall–Kier alpha value is -1.55. The normalized spacial score (nSPS) is 14.6. The van der Waals surface area contributed by atoms with E-state index in [1.54, 1.807) is 24.1 Å². The quantitative estimate of drug-likeness (QED) is 0.717. The van der Waals surface area contributed by atoms with Crippen molar-refractivity contribution in [2.75, 3.05) is 31.8 Å². The second-order valence-electron chi connectivity index (χ2n) is 3.57. The molecule has 4 nitrogen and oxygen atoms in total. The molecule has 0 N–H and O–H groups in total. The van der Waals surface area contributed by atoms with Crippen molar-refractivity contribution in [3.8, 4) is 5.75 Å². The van der Waals surface area contributed by atoms with Crippen molar-refractivity contribution >= 4 is 11.6 Å². The molecule has 0 atom stereocenters. The fourth-order valence-corrected chi connectivity index (χ4v) is 1.70. The van der Waals surface area contributed by atoms with E-state index in [1.807, 2.05) is 6.07 Å². The van der Waals surface area contributed by atoms with Gasteiger partial charge in [0.2, 0.25) is 0 Å². The smallest absolute Gasteiger partial charge is 0.265 e. The fourth-order valence-electron chi connectivity index (χ4n) is 1.70. The van der Waals surface area contributed by atoms with Gasteiger partial charge < -0.3 is 14.4 Å². The number of anilines is 1. The summed E-state index contributed by atoms with van der Waals surface area (Å²) in [5, 5.41) is 0. The van der Waals surface area contributed by atoms with E-state index in [0.29, 0.717) is 13.2 Å². The van der Waals surface area contributed by atoms with Crippen LogP contribution in [0.1, 0.15) is 6.42 Å². The van der Waals surface area contributed by atoms with Gasteiger partial charge in [-0.25, -0.2) is 0 Å². The number of amides is 1. The van der Waals surface area contributed by atoms with E-state index >= 15 is 0 Å². The van der Waals surface area contributed by atoms with Crippen molar-refractivity contribution in [1.29, 1.82) is 0 Å². The molecule has 1 aliphatic heterocycles. The van der Waals surface area contributed by atoms with Gasteiger partial charge in [0.1, 0.15) is 5.75 Å². The Labute approximate surface area is 94.8 Å². The molecular weight excluding hydrogens is 206 g/mol. The van der Waals surface area contributed by atoms with Gasteiger partial charge in [0.05, 0.1) is 5.69 Å². The lowest BCUT2D eigenvalue weighted by atomic mass is 10.2. The minimum absolute atomic E-state index is 0.0109. The molecule has 1 aromatic carbocycles. The van der Waals surface area contributed by atoms with Gasteiger partial charge in [-0.3, -0.25) is 4.79 Å². The van der Waals surface area contributed by atoms with Crippen LogP contribution in [0.5, 0.6) is 5.75 Å². The molecule has 0 spiro atoms. The van der Waals surface area contributed by atoms with Gasteiger partial charge in [-0.05, 0) is 24.6 Å². The molecular formula is C12H14NO3. The summed E-state index contributed by atoms with van der Waals surface area (Å²) in [5.41, 5.74) is 0.801. The number of methoxy groups -OCH3 is 1. The molecule has 0 aromatic heterocycles. The molecule has 2 rings (SSSR count). The Morgan fingerprint density at radius 1 is 1.62 bits per heavy atom. The van der Waals surface area contributed by atoms with Gasteiger partial charge in [-0.15, -0.1) is 0 Å². The molecule has 1 amide bonds. The maximum absolute atomic E-state index is 11.7. The minimum Gasteiger partial charge on any atom is -0.482 e. The zero-order valence-electron chi connectivity index (χ0n) is 9.23. The van der Waals surface area contributed by atoms with Crippen molar-refractivity contribution < 1.29 is 14.3 Å². The molecule has 1 aromatic rings. The zero-order valence-corrected chi connectivity index (χ0v) is 9.23. The first-order valence-corrected chi connectivity index (χ1v) is 5.25. The Kier molecular flexibility index (Phi) is 3.41. The molecule has 1 aliphatic rings. The topological polar surface area (TPSA) is 38.8 Å². The van der Waals surface area contributed by atoms with Crippen LogP contribution >= 0.6 is 0 Å². The Bertz CT molecular complexity index is 378. The highest BCUT2D eigenvalue weighted by Crippen LogP contribution is 2.31. The lowest BCUT2D eigenvalue weighted by Gasteiger charge is -2.29. The number of hydrogen-bond acceptors (Lipinski definition) is 3. The molecule has 1 radical (unpaired) electrons. The van der Waals surface area contributed by atoms with E-state index in [9.17, 15) is 4.79 Å². The highest BCUT2D eigenvalue weighted by Gasteiger charge is 2.24. The van der Waals surface area contributed by atoms with Crippen molar-refractivity contribution in [3.63, 3.8) is 0 Å². The van der Waals surface area contributed by atoms with Crippen molar-refractivity contribution in [3.05, 3.63) is 24.3 Å². The van der Waals surface area contributed by atoms with Crippen LogP contribution in [-0.4, -0.2) is 32.8 Å². The minimum atomic E-state index is -0.0109. The molecule has 0 saturated heterocycles. The summed E-state index contributed by atoms with van der Waals surface area (Å²) in [7, 11) is 1.66. The predicted molar refractivity (Wildman–Crippen MR) is 59.6 cm³/mol. The first kappa shape index (κ1) is 11.0. The largest absolute Gasteiger partial charge is 0.482 e. The van der Waals surface area contributed by atoms with E-state index in [-0.39, 0.29) is 12.5 Å². The third-order valence-corrected chi connectivity index (χ3v) is 2.48. The third kappa shape index (κ3) is 2.17. The molecule has 0 bridgehead atoms. The summed E-state index contributed by atoms with van der Waals surface area (Å²) in [6, 6.07) is 8.34. The second-order valence-corrected chi connectivity index (χ2v) is 3.57. The zero-order chi connectivity index (χ0) is 11.4. The van der Waals surface area contributed by atoms with Gasteiger partial charge >= 0.3 is 0 Å². The summed E-state index contributed by atoms with van der Waals surface area (Å²) in [4.78, 5) is 13.4. The van der Waals surface area contributed by atoms with Gasteiger partial charge in [0, 0.05) is 20.3 Å². The Morgan fingerprint density at radius 3 is 3.31 bits per heavy atom. The highest BCUT2D eigenvalue weighted by atomic mass is 16.5. The molecule has 0 unspecified atom stereocenters. The molecule has 0 fully saturated rings. The number of rotatable bonds is 4. The van der Waals surface area contributed by atoms with Crippen LogP contribution < -0.4 is 9.64 Å². The molecule has 85 valence electrons. The predicted octanol–water partition coefficient (Wildman–Crippen LogP) is 1.25. The lowest BCUT2D eigenvalue weighted by molar-refractivity contribution is -0.121. The average molecular weight is 220 g/mol. The Balaban J connectivity index is 2.13. The number of ether oxygens (including phenoxy) is 2. The SMILES string of the molecule is COCCCN1C(=O)COc2cc[c]cc21. The third-order valence-electron chi connectivity index (χ3n) is 2.48. The number of hydrogen-bond donors (Lipinski definition) is 0. The highest BCUT2D eigenvalue weighted by molar-refractivity contribution is 5.97. The summed E-state index contributed by atoms with van der Waals surface area (Å²) in [6.07, 6.45) is 0.816. The standard InChI is InChI=1S/C12H14NO3/c1-15-8-4-7-13-10-5-2-3-6-11(10)16-9-12(13)14/h3,5-6H,4,7-9H2,1H3. The first-order valence-electron chi connectivity index (χ1n) is 5.25. The van der Waals surface area contributed by atoms with Crippen molar-refractivity contribution in [2.45, 2.75) is 6.42 Å². The van der Waals surface area contributed by atoms with E-state index < -0.39 is 0 Å². The first-order chi connectivity index (χ1) is 7.83. The van der Waals surface area contributed by atoms with Crippen LogP contribution in [0, 0.1) is 6.07 Å². The van der Waals surface area contributed by atoms with Crippen molar-refractivity contribution in [2.24, 2.45) is 0 Å². The van der Waals surface area contributed by atoms with Crippen LogP contribution in [0.25, 0.3) is 0 Å². The number of benzene rings is 1. The van der Waals surface area contributed by atoms with E-state index in [2.05, 4.69) is 6.07 Å². The molecule has 4 heteroatoms. The van der Waals surface area contributed by atoms with E-state index in [4.69, 9.17) is 9.47 Å². The van der Waals surface area contributed by atoms with Crippen LogP contribution in [0.3, 0.4) is 0 Å². The number of nitrogens with zero attached hydrogens (tertiary/aromatic N) is 1. The van der Waals surface area contributed by atoms with E-state index in [1.165, 1.54) is 0 Å². The maximum Gasteiger partial charge on any atom is 0.265 e. The summed E-state index contributed by atoms with van der Waals surface area (Å²) in [6.45, 7) is 1.42. The van der Waals surface area contributed by atoms with Gasteiger partial charge in [-0.1, -0.05) is 6.07 Å². The van der Waals surface area contributed by atoms with Gasteiger partial charge in [0.25, 0.3) is 5.91 Å². The summed E-state index contributed by atoms with van der Waals surface area (Å²) in [5.74, 6) is 0.735. The fraction of sp³-hybridized carbons (Fsp3) is 0.417. The van der Waals surface area contributed by atoms with Crippen LogP contribution in [-0.2, 0) is 9.53 Å². The summed E-state index contributed by atoms with van der Waals surface area (Å²) >= 11 is 0. The van der Waals surface area contributed by atoms with Crippen LogP contribution in [0.15, 0.2) is 18.2 Å². The second kappa shape index (κ2) is 4.99. The van der Waals surface area contributed by atoms with E-state index in [0.717, 1.165) is 17.9 Å². The van der Waals surface area contributed by atoms with Crippen LogP contribution in [0.2, 0.25) is 0 Å². The Morgan fingerprint density at radius 2 is 2.50 bits per heavy atom. The van der Waals surface area contributed by atoms with Crippen LogP contribution in [0.4, 0.5) is 5.69 Å².